The molecule has 1 atom stereocenters. The van der Waals surface area contributed by atoms with Gasteiger partial charge in [-0.3, -0.25) is 9.69 Å². The first-order valence-electron chi connectivity index (χ1n) is 10.1. The summed E-state index contributed by atoms with van der Waals surface area (Å²) in [6, 6.07) is 10.5. The fraction of sp³-hybridized carbons (Fsp3) is 0.619. The van der Waals surface area contributed by atoms with Gasteiger partial charge in [-0.25, -0.2) is 4.99 Å². The average Bonchev–Trinajstić information content (AvgIpc) is 2.70. The lowest BCUT2D eigenvalue weighted by atomic mass is 10.0. The van der Waals surface area contributed by atoms with Crippen LogP contribution in [-0.2, 0) is 16.1 Å². The molecule has 0 radical (unpaired) electrons. The number of hydrogen-bond acceptors (Lipinski definition) is 4. The van der Waals surface area contributed by atoms with Crippen LogP contribution >= 0.6 is 0 Å². The van der Waals surface area contributed by atoms with Gasteiger partial charge in [-0.05, 0) is 11.5 Å². The van der Waals surface area contributed by atoms with E-state index in [9.17, 15) is 4.79 Å². The van der Waals surface area contributed by atoms with E-state index in [4.69, 9.17) is 4.74 Å². The van der Waals surface area contributed by atoms with E-state index in [0.717, 1.165) is 38.4 Å². The second-order valence-electron chi connectivity index (χ2n) is 7.63. The van der Waals surface area contributed by atoms with Gasteiger partial charge < -0.3 is 20.3 Å². The van der Waals surface area contributed by atoms with Crippen molar-refractivity contribution in [1.82, 2.24) is 20.4 Å². The molecule has 7 heteroatoms. The SMILES string of the molecule is CC(C)C(CNC(=NCc1ccccc1)NCC(=O)N(C)C)N1CCOCC1. The minimum Gasteiger partial charge on any atom is -0.379 e. The van der Waals surface area contributed by atoms with Gasteiger partial charge in [0.05, 0.1) is 26.3 Å². The predicted octanol–water partition coefficient (Wildman–Crippen LogP) is 1.17. The number of aliphatic imine (C=N–C) groups is 1. The third-order valence-corrected chi connectivity index (χ3v) is 4.93. The summed E-state index contributed by atoms with van der Waals surface area (Å²) >= 11 is 0. The third-order valence-electron chi connectivity index (χ3n) is 4.93. The summed E-state index contributed by atoms with van der Waals surface area (Å²) < 4.78 is 5.49. The number of ether oxygens (including phenoxy) is 1. The number of rotatable bonds is 8. The van der Waals surface area contributed by atoms with E-state index in [2.05, 4.69) is 46.5 Å². The molecule has 1 aliphatic rings. The predicted molar refractivity (Wildman–Crippen MR) is 113 cm³/mol. The maximum atomic E-state index is 12.0. The molecule has 0 aliphatic carbocycles. The molecule has 1 unspecified atom stereocenters. The minimum absolute atomic E-state index is 0.0165. The summed E-state index contributed by atoms with van der Waals surface area (Å²) in [5.74, 6) is 1.19. The van der Waals surface area contributed by atoms with Gasteiger partial charge >= 0.3 is 0 Å². The number of hydrogen-bond donors (Lipinski definition) is 2. The summed E-state index contributed by atoms with van der Waals surface area (Å²) in [5, 5.41) is 6.62. The molecule has 1 aromatic rings. The van der Waals surface area contributed by atoms with Crippen LogP contribution in [0.4, 0.5) is 0 Å². The molecule has 2 rings (SSSR count). The van der Waals surface area contributed by atoms with Crippen LogP contribution in [0.1, 0.15) is 19.4 Å². The first kappa shape index (κ1) is 22.2. The van der Waals surface area contributed by atoms with Crippen LogP contribution in [0.25, 0.3) is 0 Å². The average molecular weight is 390 g/mol. The fourth-order valence-corrected chi connectivity index (χ4v) is 3.14. The molecule has 156 valence electrons. The molecular formula is C21H35N5O2. The van der Waals surface area contributed by atoms with E-state index < -0.39 is 0 Å². The Balaban J connectivity index is 2.00. The molecule has 0 spiro atoms. The molecule has 28 heavy (non-hydrogen) atoms. The van der Waals surface area contributed by atoms with Crippen LogP contribution in [-0.4, -0.2) is 81.2 Å². The molecule has 0 bridgehead atoms. The monoisotopic (exact) mass is 389 g/mol. The van der Waals surface area contributed by atoms with Gasteiger partial charge in [-0.15, -0.1) is 0 Å². The lowest BCUT2D eigenvalue weighted by Gasteiger charge is -2.37. The van der Waals surface area contributed by atoms with Crippen molar-refractivity contribution in [2.24, 2.45) is 10.9 Å². The zero-order chi connectivity index (χ0) is 20.4. The Labute approximate surface area is 169 Å². The number of carbonyl (C=O) groups is 1. The molecule has 1 heterocycles. The summed E-state index contributed by atoms with van der Waals surface area (Å²) in [6.07, 6.45) is 0. The molecule has 1 fully saturated rings. The van der Waals surface area contributed by atoms with E-state index in [1.54, 1.807) is 19.0 Å². The highest BCUT2D eigenvalue weighted by Gasteiger charge is 2.24. The van der Waals surface area contributed by atoms with Crippen molar-refractivity contribution in [3.05, 3.63) is 35.9 Å². The molecule has 7 nitrogen and oxygen atoms in total. The third kappa shape index (κ3) is 7.48. The summed E-state index contributed by atoms with van der Waals surface area (Å²) in [7, 11) is 3.51. The highest BCUT2D eigenvalue weighted by molar-refractivity contribution is 5.86. The maximum absolute atomic E-state index is 12.0. The van der Waals surface area contributed by atoms with Crippen molar-refractivity contribution in [1.29, 1.82) is 0 Å². The zero-order valence-corrected chi connectivity index (χ0v) is 17.6. The Morgan fingerprint density at radius 3 is 2.46 bits per heavy atom. The summed E-state index contributed by atoms with van der Waals surface area (Å²) in [4.78, 5) is 20.7. The number of nitrogens with zero attached hydrogens (tertiary/aromatic N) is 3. The number of morpholine rings is 1. The largest absolute Gasteiger partial charge is 0.379 e. The normalized spacial score (nSPS) is 16.7. The van der Waals surface area contributed by atoms with Gasteiger partial charge in [0.25, 0.3) is 0 Å². The summed E-state index contributed by atoms with van der Waals surface area (Å²) in [6.45, 7) is 9.52. The molecule has 0 saturated carbocycles. The molecular weight excluding hydrogens is 354 g/mol. The van der Waals surface area contributed by atoms with Crippen molar-refractivity contribution in [2.75, 3.05) is 53.5 Å². The van der Waals surface area contributed by atoms with E-state index in [1.165, 1.54) is 0 Å². The molecule has 1 amide bonds. The smallest absolute Gasteiger partial charge is 0.241 e. The van der Waals surface area contributed by atoms with Gasteiger partial charge in [0.1, 0.15) is 0 Å². The van der Waals surface area contributed by atoms with Gasteiger partial charge in [0.15, 0.2) is 5.96 Å². The van der Waals surface area contributed by atoms with E-state index >= 15 is 0 Å². The van der Waals surface area contributed by atoms with Crippen LogP contribution in [0, 0.1) is 5.92 Å². The molecule has 1 saturated heterocycles. The number of carbonyl (C=O) groups excluding carboxylic acids is 1. The molecule has 1 aromatic carbocycles. The number of benzene rings is 1. The van der Waals surface area contributed by atoms with Crippen LogP contribution in [0.2, 0.25) is 0 Å². The van der Waals surface area contributed by atoms with Crippen LogP contribution in [0.5, 0.6) is 0 Å². The highest BCUT2D eigenvalue weighted by Crippen LogP contribution is 2.12. The maximum Gasteiger partial charge on any atom is 0.241 e. The van der Waals surface area contributed by atoms with Crippen LogP contribution in [0.15, 0.2) is 35.3 Å². The Morgan fingerprint density at radius 2 is 1.86 bits per heavy atom. The number of likely N-dealkylation sites (N-methyl/N-ethyl adjacent to an activating group) is 1. The Kier molecular flexibility index (Phi) is 9.23. The van der Waals surface area contributed by atoms with E-state index in [0.29, 0.717) is 24.5 Å². The van der Waals surface area contributed by atoms with Gasteiger partial charge in [-0.1, -0.05) is 44.2 Å². The number of nitrogens with one attached hydrogen (secondary N) is 2. The Bertz CT molecular complexity index is 612. The van der Waals surface area contributed by atoms with Crippen molar-refractivity contribution >= 4 is 11.9 Å². The van der Waals surface area contributed by atoms with E-state index in [1.807, 2.05) is 18.2 Å². The Hall–Kier alpha value is -2.12. The molecule has 0 aromatic heterocycles. The van der Waals surface area contributed by atoms with Gasteiger partial charge in [0.2, 0.25) is 5.91 Å². The lowest BCUT2D eigenvalue weighted by Crippen LogP contribution is -2.53. The first-order chi connectivity index (χ1) is 13.5. The molecule has 2 N–H and O–H groups in total. The second kappa shape index (κ2) is 11.7. The van der Waals surface area contributed by atoms with Crippen molar-refractivity contribution < 1.29 is 9.53 Å². The minimum atomic E-state index is 0.0165. The highest BCUT2D eigenvalue weighted by atomic mass is 16.5. The zero-order valence-electron chi connectivity index (χ0n) is 17.6. The quantitative estimate of drug-likeness (QED) is 0.516. The van der Waals surface area contributed by atoms with Crippen molar-refractivity contribution in [2.45, 2.75) is 26.4 Å². The fourth-order valence-electron chi connectivity index (χ4n) is 3.14. The van der Waals surface area contributed by atoms with Crippen molar-refractivity contribution in [3.63, 3.8) is 0 Å². The summed E-state index contributed by atoms with van der Waals surface area (Å²) in [5.41, 5.74) is 1.14. The first-order valence-corrected chi connectivity index (χ1v) is 10.1. The van der Waals surface area contributed by atoms with E-state index in [-0.39, 0.29) is 12.5 Å². The van der Waals surface area contributed by atoms with Gasteiger partial charge in [0, 0.05) is 39.8 Å². The van der Waals surface area contributed by atoms with Gasteiger partial charge in [-0.2, -0.15) is 0 Å². The van der Waals surface area contributed by atoms with Crippen LogP contribution in [0.3, 0.4) is 0 Å². The number of guanidine groups is 1. The molecule has 1 aliphatic heterocycles. The van der Waals surface area contributed by atoms with Crippen molar-refractivity contribution in [3.8, 4) is 0 Å². The topological polar surface area (TPSA) is 69.2 Å². The Morgan fingerprint density at radius 1 is 1.18 bits per heavy atom. The number of amides is 1. The second-order valence-corrected chi connectivity index (χ2v) is 7.63. The lowest BCUT2D eigenvalue weighted by molar-refractivity contribution is -0.127. The standard InChI is InChI=1S/C21H35N5O2/c1-17(2)19(26-10-12-28-13-11-26)15-23-21(24-16-20(27)25(3)4)22-14-18-8-6-5-7-9-18/h5-9,17,19H,10-16H2,1-4H3,(H2,22,23,24). The van der Waals surface area contributed by atoms with Crippen LogP contribution < -0.4 is 10.6 Å².